The van der Waals surface area contributed by atoms with Crippen molar-refractivity contribution in [2.75, 3.05) is 25.1 Å². The molecule has 1 aliphatic carbocycles. The fourth-order valence-electron chi connectivity index (χ4n) is 2.50. The predicted octanol–water partition coefficient (Wildman–Crippen LogP) is 4.03. The summed E-state index contributed by atoms with van der Waals surface area (Å²) in [5.74, 6) is 1.46. The van der Waals surface area contributed by atoms with Gasteiger partial charge in [0.2, 0.25) is 0 Å². The second-order valence-electron chi connectivity index (χ2n) is 5.50. The van der Waals surface area contributed by atoms with Crippen LogP contribution in [0.25, 0.3) is 0 Å². The van der Waals surface area contributed by atoms with Gasteiger partial charge in [-0.15, -0.1) is 0 Å². The SMILES string of the molecule is Cc1ccccc1NCCOCC1CC=CCC1C. The molecular weight excluding hydrogens is 234 g/mol. The molecule has 1 aromatic rings. The van der Waals surface area contributed by atoms with Gasteiger partial charge in [-0.1, -0.05) is 37.3 Å². The molecule has 2 unspecified atom stereocenters. The number of anilines is 1. The van der Waals surface area contributed by atoms with Gasteiger partial charge in [0.1, 0.15) is 0 Å². The normalized spacial score (nSPS) is 22.4. The molecule has 1 aromatic carbocycles. The number of hydrogen-bond donors (Lipinski definition) is 1. The summed E-state index contributed by atoms with van der Waals surface area (Å²) in [6.07, 6.45) is 6.96. The fourth-order valence-corrected chi connectivity index (χ4v) is 2.50. The lowest BCUT2D eigenvalue weighted by molar-refractivity contribution is 0.0860. The average molecular weight is 259 g/mol. The second kappa shape index (κ2) is 7.34. The average Bonchev–Trinajstić information content (AvgIpc) is 2.42. The molecule has 0 aromatic heterocycles. The molecule has 104 valence electrons. The maximum Gasteiger partial charge on any atom is 0.0639 e. The summed E-state index contributed by atoms with van der Waals surface area (Å²) in [5.41, 5.74) is 2.49. The van der Waals surface area contributed by atoms with Gasteiger partial charge in [0.15, 0.2) is 0 Å². The Morgan fingerprint density at radius 2 is 2.00 bits per heavy atom. The molecule has 0 radical (unpaired) electrons. The molecule has 1 aliphatic rings. The lowest BCUT2D eigenvalue weighted by Gasteiger charge is -2.25. The largest absolute Gasteiger partial charge is 0.383 e. The zero-order valence-corrected chi connectivity index (χ0v) is 12.1. The van der Waals surface area contributed by atoms with Gasteiger partial charge in [0.25, 0.3) is 0 Å². The zero-order chi connectivity index (χ0) is 13.5. The first-order chi connectivity index (χ1) is 9.27. The monoisotopic (exact) mass is 259 g/mol. The first-order valence-corrected chi connectivity index (χ1v) is 7.29. The van der Waals surface area contributed by atoms with Crippen LogP contribution in [-0.2, 0) is 4.74 Å². The number of ether oxygens (including phenoxy) is 1. The molecule has 0 heterocycles. The Morgan fingerprint density at radius 1 is 1.21 bits per heavy atom. The van der Waals surface area contributed by atoms with Crippen molar-refractivity contribution in [3.63, 3.8) is 0 Å². The third kappa shape index (κ3) is 4.39. The van der Waals surface area contributed by atoms with E-state index in [1.54, 1.807) is 0 Å². The molecule has 0 saturated carbocycles. The fraction of sp³-hybridized carbons (Fsp3) is 0.529. The van der Waals surface area contributed by atoms with Crippen molar-refractivity contribution < 1.29 is 4.74 Å². The molecule has 0 fully saturated rings. The number of rotatable bonds is 6. The highest BCUT2D eigenvalue weighted by atomic mass is 16.5. The van der Waals surface area contributed by atoms with E-state index >= 15 is 0 Å². The van der Waals surface area contributed by atoms with E-state index in [4.69, 9.17) is 4.74 Å². The molecule has 2 nitrogen and oxygen atoms in total. The number of benzene rings is 1. The van der Waals surface area contributed by atoms with Crippen molar-refractivity contribution in [3.05, 3.63) is 42.0 Å². The van der Waals surface area contributed by atoms with Crippen LogP contribution in [0.15, 0.2) is 36.4 Å². The van der Waals surface area contributed by atoms with E-state index in [0.717, 1.165) is 25.7 Å². The Bertz CT molecular complexity index is 413. The molecule has 2 heteroatoms. The third-order valence-corrected chi connectivity index (χ3v) is 3.96. The number of allylic oxidation sites excluding steroid dienone is 2. The number of hydrogen-bond acceptors (Lipinski definition) is 2. The van der Waals surface area contributed by atoms with Gasteiger partial charge in [0, 0.05) is 12.2 Å². The minimum Gasteiger partial charge on any atom is -0.383 e. The number of nitrogens with one attached hydrogen (secondary N) is 1. The Morgan fingerprint density at radius 3 is 2.79 bits per heavy atom. The summed E-state index contributed by atoms with van der Waals surface area (Å²) < 4.78 is 5.81. The second-order valence-corrected chi connectivity index (χ2v) is 5.50. The molecule has 2 rings (SSSR count). The van der Waals surface area contributed by atoms with Crippen LogP contribution in [0.2, 0.25) is 0 Å². The standard InChI is InChI=1S/C17H25NO/c1-14-7-3-5-9-16(14)13-19-12-11-18-17-10-6-4-8-15(17)2/h3-6,8,10,14,16,18H,7,9,11-13H2,1-2H3. The molecule has 2 atom stereocenters. The lowest BCUT2D eigenvalue weighted by atomic mass is 9.85. The van der Waals surface area contributed by atoms with E-state index in [0.29, 0.717) is 5.92 Å². The summed E-state index contributed by atoms with van der Waals surface area (Å²) in [6.45, 7) is 6.99. The summed E-state index contributed by atoms with van der Waals surface area (Å²) in [5, 5.41) is 3.42. The lowest BCUT2D eigenvalue weighted by Crippen LogP contribution is -2.21. The van der Waals surface area contributed by atoms with Crippen LogP contribution >= 0.6 is 0 Å². The quantitative estimate of drug-likeness (QED) is 0.615. The van der Waals surface area contributed by atoms with E-state index < -0.39 is 0 Å². The van der Waals surface area contributed by atoms with Crippen molar-refractivity contribution in [3.8, 4) is 0 Å². The Kier molecular flexibility index (Phi) is 5.46. The minimum absolute atomic E-state index is 0.698. The van der Waals surface area contributed by atoms with Crippen LogP contribution in [0.4, 0.5) is 5.69 Å². The third-order valence-electron chi connectivity index (χ3n) is 3.96. The van der Waals surface area contributed by atoms with E-state index in [1.165, 1.54) is 24.1 Å². The zero-order valence-electron chi connectivity index (χ0n) is 12.1. The van der Waals surface area contributed by atoms with Gasteiger partial charge >= 0.3 is 0 Å². The van der Waals surface area contributed by atoms with E-state index in [1.807, 2.05) is 0 Å². The molecule has 19 heavy (non-hydrogen) atoms. The van der Waals surface area contributed by atoms with Crippen LogP contribution in [0.1, 0.15) is 25.3 Å². The van der Waals surface area contributed by atoms with Crippen molar-refractivity contribution in [2.45, 2.75) is 26.7 Å². The van der Waals surface area contributed by atoms with Crippen molar-refractivity contribution in [2.24, 2.45) is 11.8 Å². The van der Waals surface area contributed by atoms with Crippen molar-refractivity contribution in [1.82, 2.24) is 0 Å². The van der Waals surface area contributed by atoms with E-state index in [2.05, 4.69) is 55.6 Å². The number of para-hydroxylation sites is 1. The molecule has 0 aliphatic heterocycles. The molecule has 0 amide bonds. The summed E-state index contributed by atoms with van der Waals surface area (Å²) in [4.78, 5) is 0. The minimum atomic E-state index is 0.698. The first-order valence-electron chi connectivity index (χ1n) is 7.29. The summed E-state index contributed by atoms with van der Waals surface area (Å²) in [7, 11) is 0. The smallest absolute Gasteiger partial charge is 0.0639 e. The van der Waals surface area contributed by atoms with Gasteiger partial charge in [0.05, 0.1) is 13.2 Å². The topological polar surface area (TPSA) is 21.3 Å². The summed E-state index contributed by atoms with van der Waals surface area (Å²) >= 11 is 0. The van der Waals surface area contributed by atoms with Gasteiger partial charge in [-0.25, -0.2) is 0 Å². The van der Waals surface area contributed by atoms with Gasteiger partial charge in [-0.3, -0.25) is 0 Å². The molecular formula is C17H25NO. The highest BCUT2D eigenvalue weighted by Gasteiger charge is 2.17. The molecule has 0 saturated heterocycles. The maximum absolute atomic E-state index is 5.81. The van der Waals surface area contributed by atoms with Crippen LogP contribution in [0.5, 0.6) is 0 Å². The van der Waals surface area contributed by atoms with Crippen molar-refractivity contribution in [1.29, 1.82) is 0 Å². The van der Waals surface area contributed by atoms with Crippen LogP contribution < -0.4 is 5.32 Å². The molecule has 0 spiro atoms. The van der Waals surface area contributed by atoms with E-state index in [-0.39, 0.29) is 0 Å². The van der Waals surface area contributed by atoms with Crippen molar-refractivity contribution >= 4 is 5.69 Å². The van der Waals surface area contributed by atoms with Crippen LogP contribution in [0.3, 0.4) is 0 Å². The van der Waals surface area contributed by atoms with Gasteiger partial charge < -0.3 is 10.1 Å². The van der Waals surface area contributed by atoms with Crippen LogP contribution in [-0.4, -0.2) is 19.8 Å². The van der Waals surface area contributed by atoms with E-state index in [9.17, 15) is 0 Å². The molecule has 1 N–H and O–H groups in total. The predicted molar refractivity (Wildman–Crippen MR) is 81.5 cm³/mol. The van der Waals surface area contributed by atoms with Gasteiger partial charge in [-0.2, -0.15) is 0 Å². The highest BCUT2D eigenvalue weighted by Crippen LogP contribution is 2.24. The maximum atomic E-state index is 5.81. The highest BCUT2D eigenvalue weighted by molar-refractivity contribution is 5.50. The Hall–Kier alpha value is -1.28. The Labute approximate surface area is 116 Å². The van der Waals surface area contributed by atoms with Crippen LogP contribution in [0, 0.1) is 18.8 Å². The Balaban J connectivity index is 1.62. The first kappa shape index (κ1) is 14.1. The molecule has 0 bridgehead atoms. The number of aryl methyl sites for hydroxylation is 1. The van der Waals surface area contributed by atoms with Gasteiger partial charge in [-0.05, 0) is 43.2 Å². The summed E-state index contributed by atoms with van der Waals surface area (Å²) in [6, 6.07) is 8.36.